The quantitative estimate of drug-likeness (QED) is 0.410. The molecule has 18 heavy (non-hydrogen) atoms. The van der Waals surface area contributed by atoms with E-state index in [9.17, 15) is 4.79 Å². The number of nitrogens with zero attached hydrogens (tertiary/aromatic N) is 4. The van der Waals surface area contributed by atoms with Crippen LogP contribution in [0.25, 0.3) is 22.2 Å². The first-order valence-corrected chi connectivity index (χ1v) is 5.02. The number of benzene rings is 1. The van der Waals surface area contributed by atoms with Gasteiger partial charge < -0.3 is 10.4 Å². The van der Waals surface area contributed by atoms with Crippen molar-refractivity contribution in [2.75, 3.05) is 0 Å². The highest BCUT2D eigenvalue weighted by molar-refractivity contribution is 5.98. The maximum atomic E-state index is 12.0. The molecule has 1 aromatic carbocycles. The summed E-state index contributed by atoms with van der Waals surface area (Å²) in [5.41, 5.74) is -0.396. The first-order valence-electron chi connectivity index (χ1n) is 5.02. The van der Waals surface area contributed by atoms with Gasteiger partial charge in [-0.1, -0.05) is 34.6 Å². The Labute approximate surface area is 99.0 Å². The molecule has 1 heterocycles. The van der Waals surface area contributed by atoms with Gasteiger partial charge in [-0.2, -0.15) is 0 Å². The summed E-state index contributed by atoms with van der Waals surface area (Å²) < 4.78 is 0. The van der Waals surface area contributed by atoms with Gasteiger partial charge in [0.15, 0.2) is 0 Å². The molecule has 0 fully saturated rings. The molecule has 1 aliphatic heterocycles. The molecule has 0 atom stereocenters. The number of aromatic nitrogens is 2. The van der Waals surface area contributed by atoms with Crippen molar-refractivity contribution < 1.29 is 10.4 Å². The summed E-state index contributed by atoms with van der Waals surface area (Å²) in [7, 11) is 0. The predicted octanol–water partition coefficient (Wildman–Crippen LogP) is -0.450. The summed E-state index contributed by atoms with van der Waals surface area (Å²) in [6.45, 7) is 0. The average molecular weight is 242 g/mol. The van der Waals surface area contributed by atoms with Crippen LogP contribution in [-0.4, -0.2) is 20.4 Å². The first kappa shape index (κ1) is 10.3. The molecule has 0 saturated heterocycles. The van der Waals surface area contributed by atoms with Crippen molar-refractivity contribution in [1.29, 1.82) is 0 Å². The zero-order chi connectivity index (χ0) is 12.7. The molecule has 0 unspecified atom stereocenters. The van der Waals surface area contributed by atoms with Crippen molar-refractivity contribution in [3.05, 3.63) is 45.5 Å². The van der Waals surface area contributed by atoms with E-state index in [0.29, 0.717) is 16.5 Å². The Balaban J connectivity index is 2.66. The van der Waals surface area contributed by atoms with E-state index in [1.54, 1.807) is 24.3 Å². The van der Waals surface area contributed by atoms with Crippen molar-refractivity contribution >= 4 is 10.8 Å². The molecule has 2 aliphatic rings. The van der Waals surface area contributed by atoms with Crippen LogP contribution in [0.2, 0.25) is 0 Å². The van der Waals surface area contributed by atoms with Crippen LogP contribution in [0.3, 0.4) is 0 Å². The Hall–Kier alpha value is -2.83. The fourth-order valence-corrected chi connectivity index (χ4v) is 1.91. The normalized spacial score (nSPS) is 13.8. The lowest BCUT2D eigenvalue weighted by molar-refractivity contribution is 0.281. The SMILES string of the molecule is O=c1c2nc(=N\O)/c(=N\O)nc-2c2ccccc12. The Morgan fingerprint density at radius 1 is 0.889 bits per heavy atom. The highest BCUT2D eigenvalue weighted by Crippen LogP contribution is 2.23. The van der Waals surface area contributed by atoms with Crippen LogP contribution in [0.5, 0.6) is 0 Å². The second-order valence-corrected chi connectivity index (χ2v) is 3.64. The van der Waals surface area contributed by atoms with Gasteiger partial charge in [0.2, 0.25) is 16.4 Å². The van der Waals surface area contributed by atoms with Gasteiger partial charge in [0.1, 0.15) is 11.4 Å². The van der Waals surface area contributed by atoms with Crippen molar-refractivity contribution in [3.8, 4) is 11.4 Å². The van der Waals surface area contributed by atoms with Crippen molar-refractivity contribution in [1.82, 2.24) is 9.97 Å². The van der Waals surface area contributed by atoms with Gasteiger partial charge in [-0.3, -0.25) is 4.79 Å². The van der Waals surface area contributed by atoms with E-state index in [-0.39, 0.29) is 22.1 Å². The molecule has 3 rings (SSSR count). The lowest BCUT2D eigenvalue weighted by Gasteiger charge is -1.95. The fraction of sp³-hybridized carbons (Fsp3) is 0. The fourth-order valence-electron chi connectivity index (χ4n) is 1.91. The standard InChI is InChI=1S/C11H6N4O3/c16-9-6-4-2-1-3-5(6)7-8(9)13-11(15-18)10(12-7)14-17/h1-4,17-18H/b14-10+,15-11-. The van der Waals surface area contributed by atoms with Crippen LogP contribution in [0.1, 0.15) is 0 Å². The van der Waals surface area contributed by atoms with E-state index in [4.69, 9.17) is 10.4 Å². The molecular weight excluding hydrogens is 236 g/mol. The first-order chi connectivity index (χ1) is 8.76. The van der Waals surface area contributed by atoms with Crippen molar-refractivity contribution in [2.24, 2.45) is 10.3 Å². The molecule has 0 aromatic heterocycles. The van der Waals surface area contributed by atoms with E-state index < -0.39 is 0 Å². The maximum Gasteiger partial charge on any atom is 0.240 e. The average Bonchev–Trinajstić information content (AvgIpc) is 2.71. The Kier molecular flexibility index (Phi) is 2.06. The summed E-state index contributed by atoms with van der Waals surface area (Å²) in [4.78, 5) is 19.9. The Morgan fingerprint density at radius 3 is 2.06 bits per heavy atom. The number of hydrogen-bond acceptors (Lipinski definition) is 7. The molecule has 0 spiro atoms. The van der Waals surface area contributed by atoms with E-state index >= 15 is 0 Å². The summed E-state index contributed by atoms with van der Waals surface area (Å²) >= 11 is 0. The van der Waals surface area contributed by atoms with E-state index in [1.165, 1.54) is 0 Å². The van der Waals surface area contributed by atoms with Crippen LogP contribution < -0.4 is 16.4 Å². The van der Waals surface area contributed by atoms with Gasteiger partial charge in [0.25, 0.3) is 0 Å². The molecule has 0 bridgehead atoms. The van der Waals surface area contributed by atoms with Crippen molar-refractivity contribution in [2.45, 2.75) is 0 Å². The third-order valence-electron chi connectivity index (χ3n) is 2.69. The Morgan fingerprint density at radius 2 is 1.44 bits per heavy atom. The minimum Gasteiger partial charge on any atom is -0.409 e. The van der Waals surface area contributed by atoms with Gasteiger partial charge in [-0.05, 0) is 0 Å². The van der Waals surface area contributed by atoms with Crippen LogP contribution in [0.15, 0.2) is 39.4 Å². The van der Waals surface area contributed by atoms with Crippen molar-refractivity contribution in [3.63, 3.8) is 0 Å². The summed E-state index contributed by atoms with van der Waals surface area (Å²) in [6.07, 6.45) is 0. The van der Waals surface area contributed by atoms with E-state index in [2.05, 4.69) is 20.3 Å². The number of rotatable bonds is 0. The van der Waals surface area contributed by atoms with Crippen LogP contribution in [0, 0.1) is 0 Å². The lowest BCUT2D eigenvalue weighted by Crippen LogP contribution is -2.34. The minimum atomic E-state index is -0.294. The smallest absolute Gasteiger partial charge is 0.240 e. The van der Waals surface area contributed by atoms with Gasteiger partial charge >= 0.3 is 0 Å². The number of fused-ring (bicyclic) bond motifs is 3. The third kappa shape index (κ3) is 1.21. The molecule has 0 saturated carbocycles. The van der Waals surface area contributed by atoms with Gasteiger partial charge in [-0.25, -0.2) is 9.97 Å². The molecule has 0 radical (unpaired) electrons. The topological polar surface area (TPSA) is 108 Å². The zero-order valence-corrected chi connectivity index (χ0v) is 8.90. The summed E-state index contributed by atoms with van der Waals surface area (Å²) in [5.74, 6) is 0. The van der Waals surface area contributed by atoms with Gasteiger partial charge in [0, 0.05) is 10.8 Å². The molecule has 7 heteroatoms. The van der Waals surface area contributed by atoms with Gasteiger partial charge in [0.05, 0.1) is 0 Å². The molecule has 2 N–H and O–H groups in total. The monoisotopic (exact) mass is 242 g/mol. The van der Waals surface area contributed by atoms with Crippen LogP contribution in [0.4, 0.5) is 0 Å². The minimum absolute atomic E-state index is 0.0939. The van der Waals surface area contributed by atoms with Gasteiger partial charge in [-0.15, -0.1) is 0 Å². The molecule has 0 amide bonds. The third-order valence-corrected chi connectivity index (χ3v) is 2.69. The molecule has 1 aromatic rings. The molecule has 1 aliphatic carbocycles. The number of hydrogen-bond donors (Lipinski definition) is 2. The molecule has 7 nitrogen and oxygen atoms in total. The predicted molar refractivity (Wildman–Crippen MR) is 59.5 cm³/mol. The lowest BCUT2D eigenvalue weighted by atomic mass is 10.2. The Bertz CT molecular complexity index is 878. The molecular formula is C11H6N4O3. The van der Waals surface area contributed by atoms with Crippen LogP contribution >= 0.6 is 0 Å². The highest BCUT2D eigenvalue weighted by Gasteiger charge is 2.19. The second-order valence-electron chi connectivity index (χ2n) is 3.64. The highest BCUT2D eigenvalue weighted by atomic mass is 16.4. The van der Waals surface area contributed by atoms with Crippen LogP contribution in [-0.2, 0) is 0 Å². The largest absolute Gasteiger partial charge is 0.409 e. The van der Waals surface area contributed by atoms with E-state index in [1.807, 2.05) is 0 Å². The molecule has 88 valence electrons. The zero-order valence-electron chi connectivity index (χ0n) is 8.90. The summed E-state index contributed by atoms with van der Waals surface area (Å²) in [6, 6.07) is 6.89. The maximum absolute atomic E-state index is 12.0. The van der Waals surface area contributed by atoms with E-state index in [0.717, 1.165) is 0 Å². The summed E-state index contributed by atoms with van der Waals surface area (Å²) in [5, 5.41) is 24.3. The second kappa shape index (κ2) is 3.59.